The summed E-state index contributed by atoms with van der Waals surface area (Å²) in [4.78, 5) is 4.65. The molecule has 0 bridgehead atoms. The van der Waals surface area contributed by atoms with Crippen LogP contribution in [0.2, 0.25) is 0 Å². The summed E-state index contributed by atoms with van der Waals surface area (Å²) in [7, 11) is 0. The van der Waals surface area contributed by atoms with Crippen molar-refractivity contribution in [3.63, 3.8) is 0 Å². The summed E-state index contributed by atoms with van der Waals surface area (Å²) in [6.07, 6.45) is 2.91. The highest BCUT2D eigenvalue weighted by molar-refractivity contribution is 5.85. The minimum Gasteiger partial charge on any atom is -0.256 e. The van der Waals surface area contributed by atoms with Crippen LogP contribution in [-0.2, 0) is 6.42 Å². The molecule has 1 heterocycles. The molecule has 0 aliphatic carbocycles. The lowest BCUT2D eigenvalue weighted by Gasteiger charge is -2.10. The first-order valence-corrected chi connectivity index (χ1v) is 8.28. The minimum atomic E-state index is 0.952. The van der Waals surface area contributed by atoms with Crippen molar-refractivity contribution in [1.82, 2.24) is 4.98 Å². The summed E-state index contributed by atoms with van der Waals surface area (Å²) in [6.45, 7) is 2.18. The highest BCUT2D eigenvalue weighted by atomic mass is 14.7. The van der Waals surface area contributed by atoms with Crippen LogP contribution >= 0.6 is 0 Å². The van der Waals surface area contributed by atoms with Crippen molar-refractivity contribution < 1.29 is 0 Å². The van der Waals surface area contributed by atoms with Crippen LogP contribution < -0.4 is 0 Å². The number of fused-ring (bicyclic) bond motifs is 1. The third-order valence-corrected chi connectivity index (χ3v) is 4.51. The van der Waals surface area contributed by atoms with Gasteiger partial charge in [0.2, 0.25) is 0 Å². The Labute approximate surface area is 142 Å². The molecule has 0 amide bonds. The van der Waals surface area contributed by atoms with Crippen LogP contribution in [0.15, 0.2) is 85.1 Å². The van der Waals surface area contributed by atoms with E-state index < -0.39 is 0 Å². The molecule has 1 nitrogen and oxygen atoms in total. The Morgan fingerprint density at radius 2 is 1.50 bits per heavy atom. The van der Waals surface area contributed by atoms with E-state index in [9.17, 15) is 0 Å². The van der Waals surface area contributed by atoms with Gasteiger partial charge in [0.1, 0.15) is 0 Å². The third-order valence-electron chi connectivity index (χ3n) is 4.51. The zero-order valence-electron chi connectivity index (χ0n) is 13.7. The number of benzene rings is 3. The predicted molar refractivity (Wildman–Crippen MR) is 101 cm³/mol. The number of hydrogen-bond acceptors (Lipinski definition) is 1. The van der Waals surface area contributed by atoms with Gasteiger partial charge in [-0.3, -0.25) is 4.98 Å². The molecule has 0 N–H and O–H groups in total. The smallest absolute Gasteiger partial charge is 0.0708 e. The van der Waals surface area contributed by atoms with Crippen LogP contribution in [0.1, 0.15) is 16.7 Å². The fourth-order valence-corrected chi connectivity index (χ4v) is 3.08. The molecule has 0 spiro atoms. The van der Waals surface area contributed by atoms with Crippen LogP contribution in [-0.4, -0.2) is 4.98 Å². The molecule has 4 rings (SSSR count). The Balaban J connectivity index is 1.73. The van der Waals surface area contributed by atoms with E-state index in [0.717, 1.165) is 12.1 Å². The molecule has 0 atom stereocenters. The van der Waals surface area contributed by atoms with Gasteiger partial charge in [0.25, 0.3) is 0 Å². The van der Waals surface area contributed by atoms with Crippen molar-refractivity contribution in [3.8, 4) is 11.3 Å². The predicted octanol–water partition coefficient (Wildman–Crippen LogP) is 5.80. The summed E-state index contributed by atoms with van der Waals surface area (Å²) in [5, 5.41) is 2.41. The van der Waals surface area contributed by atoms with E-state index in [0.29, 0.717) is 0 Å². The van der Waals surface area contributed by atoms with Gasteiger partial charge < -0.3 is 0 Å². The van der Waals surface area contributed by atoms with Gasteiger partial charge >= 0.3 is 0 Å². The Morgan fingerprint density at radius 1 is 0.750 bits per heavy atom. The second kappa shape index (κ2) is 6.29. The second-order valence-corrected chi connectivity index (χ2v) is 6.22. The molecule has 0 aliphatic rings. The van der Waals surface area contributed by atoms with Crippen molar-refractivity contribution in [3.05, 3.63) is 102 Å². The van der Waals surface area contributed by atoms with Crippen LogP contribution in [0.4, 0.5) is 0 Å². The number of hydrogen-bond donors (Lipinski definition) is 0. The molecule has 0 aliphatic heterocycles. The number of aryl methyl sites for hydroxylation is 1. The van der Waals surface area contributed by atoms with E-state index in [1.807, 2.05) is 12.3 Å². The van der Waals surface area contributed by atoms with Gasteiger partial charge in [0.05, 0.1) is 5.69 Å². The molecule has 0 fully saturated rings. The van der Waals surface area contributed by atoms with Crippen molar-refractivity contribution in [2.24, 2.45) is 0 Å². The lowest BCUT2D eigenvalue weighted by Crippen LogP contribution is -1.93. The third kappa shape index (κ3) is 2.93. The zero-order valence-corrected chi connectivity index (χ0v) is 13.7. The molecular formula is C23H19N. The number of pyridine rings is 1. The maximum absolute atomic E-state index is 4.65. The molecule has 1 heteroatoms. The molecule has 0 saturated heterocycles. The zero-order chi connectivity index (χ0) is 16.4. The normalized spacial score (nSPS) is 10.9. The second-order valence-electron chi connectivity index (χ2n) is 6.22. The van der Waals surface area contributed by atoms with E-state index in [4.69, 9.17) is 0 Å². The van der Waals surface area contributed by atoms with Crippen molar-refractivity contribution in [1.29, 1.82) is 0 Å². The molecular weight excluding hydrogens is 290 g/mol. The summed E-state index contributed by atoms with van der Waals surface area (Å²) in [6, 6.07) is 27.8. The van der Waals surface area contributed by atoms with Gasteiger partial charge in [-0.1, -0.05) is 66.7 Å². The first-order chi connectivity index (χ1) is 11.8. The Bertz CT molecular complexity index is 987. The number of rotatable bonds is 3. The lowest BCUT2D eigenvalue weighted by atomic mass is 9.97. The van der Waals surface area contributed by atoms with Gasteiger partial charge in [-0.2, -0.15) is 0 Å². The van der Waals surface area contributed by atoms with Crippen LogP contribution in [0.5, 0.6) is 0 Å². The monoisotopic (exact) mass is 309 g/mol. The van der Waals surface area contributed by atoms with E-state index in [1.54, 1.807) is 0 Å². The van der Waals surface area contributed by atoms with Crippen LogP contribution in [0.25, 0.3) is 22.0 Å². The lowest BCUT2D eigenvalue weighted by molar-refractivity contribution is 1.15. The van der Waals surface area contributed by atoms with Gasteiger partial charge in [-0.15, -0.1) is 0 Å². The van der Waals surface area contributed by atoms with E-state index >= 15 is 0 Å². The molecule has 116 valence electrons. The van der Waals surface area contributed by atoms with Crippen molar-refractivity contribution in [2.75, 3.05) is 0 Å². The van der Waals surface area contributed by atoms with Crippen molar-refractivity contribution in [2.45, 2.75) is 13.3 Å². The number of aromatic nitrogens is 1. The topological polar surface area (TPSA) is 12.9 Å². The highest BCUT2D eigenvalue weighted by Gasteiger charge is 2.06. The minimum absolute atomic E-state index is 0.952. The molecule has 4 aromatic rings. The van der Waals surface area contributed by atoms with E-state index in [-0.39, 0.29) is 0 Å². The SMILES string of the molecule is Cc1ccc(-c2cc3ccccc3cn2)cc1Cc1ccccc1. The Morgan fingerprint density at radius 3 is 2.33 bits per heavy atom. The largest absolute Gasteiger partial charge is 0.256 e. The molecule has 1 aromatic heterocycles. The quantitative estimate of drug-likeness (QED) is 0.466. The van der Waals surface area contributed by atoms with Crippen molar-refractivity contribution >= 4 is 10.8 Å². The average Bonchev–Trinajstić information content (AvgIpc) is 2.64. The standard InChI is InChI=1S/C23H19N/c1-17-11-12-20(14-22(17)13-18-7-3-2-4-8-18)23-15-19-9-5-6-10-21(19)16-24-23/h2-12,14-16H,13H2,1H3. The highest BCUT2D eigenvalue weighted by Crippen LogP contribution is 2.25. The Kier molecular flexibility index (Phi) is 3.84. The summed E-state index contributed by atoms with van der Waals surface area (Å²) >= 11 is 0. The number of nitrogens with zero attached hydrogens (tertiary/aromatic N) is 1. The van der Waals surface area contributed by atoms with E-state index in [2.05, 4.69) is 84.7 Å². The maximum Gasteiger partial charge on any atom is 0.0708 e. The fourth-order valence-electron chi connectivity index (χ4n) is 3.08. The summed E-state index contributed by atoms with van der Waals surface area (Å²) in [5.41, 5.74) is 6.22. The molecule has 0 saturated carbocycles. The maximum atomic E-state index is 4.65. The first-order valence-electron chi connectivity index (χ1n) is 8.28. The molecule has 0 radical (unpaired) electrons. The summed E-state index contributed by atoms with van der Waals surface area (Å²) < 4.78 is 0. The van der Waals surface area contributed by atoms with Gasteiger partial charge in [-0.25, -0.2) is 0 Å². The summed E-state index contributed by atoms with van der Waals surface area (Å²) in [5.74, 6) is 0. The first kappa shape index (κ1) is 14.6. The Hall–Kier alpha value is -2.93. The van der Waals surface area contributed by atoms with Gasteiger partial charge in [-0.05, 0) is 47.6 Å². The fraction of sp³-hybridized carbons (Fsp3) is 0.0870. The van der Waals surface area contributed by atoms with Crippen LogP contribution in [0.3, 0.4) is 0 Å². The van der Waals surface area contributed by atoms with Gasteiger partial charge in [0.15, 0.2) is 0 Å². The van der Waals surface area contributed by atoms with Gasteiger partial charge in [0, 0.05) is 17.1 Å². The molecule has 24 heavy (non-hydrogen) atoms. The van der Waals surface area contributed by atoms with Crippen LogP contribution in [0, 0.1) is 6.92 Å². The molecule has 3 aromatic carbocycles. The molecule has 0 unspecified atom stereocenters. The average molecular weight is 309 g/mol. The van der Waals surface area contributed by atoms with E-state index in [1.165, 1.54) is 33.0 Å².